The molecule has 3 aromatic rings. The number of para-hydroxylation sites is 2. The number of oxazole rings is 1. The van der Waals surface area contributed by atoms with E-state index in [1.54, 1.807) is 30.3 Å². The van der Waals surface area contributed by atoms with E-state index < -0.39 is 17.6 Å². The molecular weight excluding hydrogens is 300 g/mol. The van der Waals surface area contributed by atoms with Crippen molar-refractivity contribution in [1.29, 1.82) is 0 Å². The molecule has 1 heterocycles. The van der Waals surface area contributed by atoms with Crippen LogP contribution >= 0.6 is 0 Å². The summed E-state index contributed by atoms with van der Waals surface area (Å²) in [5, 5.41) is 13.3. The minimum atomic E-state index is -1.34. The van der Waals surface area contributed by atoms with E-state index in [0.29, 0.717) is 16.8 Å². The summed E-state index contributed by atoms with van der Waals surface area (Å²) in [4.78, 5) is 34.7. The predicted octanol–water partition coefficient (Wildman–Crippen LogP) is 0.597. The number of benzene rings is 2. The van der Waals surface area contributed by atoms with Gasteiger partial charge in [0.05, 0.1) is 11.5 Å². The quantitative estimate of drug-likeness (QED) is 0.759. The molecule has 0 spiro atoms. The molecule has 1 aromatic heterocycles. The van der Waals surface area contributed by atoms with Crippen LogP contribution in [0.4, 0.5) is 5.69 Å². The van der Waals surface area contributed by atoms with Crippen molar-refractivity contribution in [3.63, 3.8) is 0 Å². The van der Waals surface area contributed by atoms with E-state index in [4.69, 9.17) is 4.42 Å². The van der Waals surface area contributed by atoms with Gasteiger partial charge in [0, 0.05) is 5.69 Å². The summed E-state index contributed by atoms with van der Waals surface area (Å²) in [6.45, 7) is -0.245. The van der Waals surface area contributed by atoms with Crippen LogP contribution in [0.1, 0.15) is 10.4 Å². The Kier molecular flexibility index (Phi) is 3.68. The number of carboxylic acid groups (broad SMARTS) is 1. The summed E-state index contributed by atoms with van der Waals surface area (Å²) in [6, 6.07) is 12.4. The number of anilines is 1. The highest BCUT2D eigenvalue weighted by molar-refractivity contribution is 5.93. The van der Waals surface area contributed by atoms with Gasteiger partial charge < -0.3 is 19.6 Å². The molecule has 0 radical (unpaired) electrons. The Morgan fingerprint density at radius 3 is 2.70 bits per heavy atom. The second-order valence-electron chi connectivity index (χ2n) is 4.84. The van der Waals surface area contributed by atoms with Gasteiger partial charge in [-0.25, -0.2) is 4.79 Å². The van der Waals surface area contributed by atoms with Gasteiger partial charge in [0.15, 0.2) is 5.58 Å². The summed E-state index contributed by atoms with van der Waals surface area (Å²) in [5.41, 5.74) is 1.16. The monoisotopic (exact) mass is 311 g/mol. The van der Waals surface area contributed by atoms with Crippen LogP contribution in [-0.4, -0.2) is 16.4 Å². The molecular formula is C16H11N2O5-. The van der Waals surface area contributed by atoms with Gasteiger partial charge in [-0.2, -0.15) is 0 Å². The highest BCUT2D eigenvalue weighted by Crippen LogP contribution is 2.13. The molecule has 1 amide bonds. The smallest absolute Gasteiger partial charge is 0.420 e. The number of hydrogen-bond acceptors (Lipinski definition) is 5. The Morgan fingerprint density at radius 2 is 1.91 bits per heavy atom. The van der Waals surface area contributed by atoms with Crippen molar-refractivity contribution in [2.24, 2.45) is 0 Å². The first kappa shape index (κ1) is 14.6. The van der Waals surface area contributed by atoms with Gasteiger partial charge in [-0.1, -0.05) is 24.3 Å². The fraction of sp³-hybridized carbons (Fsp3) is 0.0625. The number of nitrogens with zero attached hydrogens (tertiary/aromatic N) is 1. The lowest BCUT2D eigenvalue weighted by Gasteiger charge is -2.08. The van der Waals surface area contributed by atoms with Crippen molar-refractivity contribution in [1.82, 2.24) is 4.57 Å². The predicted molar refractivity (Wildman–Crippen MR) is 79.9 cm³/mol. The molecule has 0 aliphatic rings. The molecule has 0 unspecified atom stereocenters. The first-order chi connectivity index (χ1) is 11.0. The SMILES string of the molecule is O=C(Cn1c(=O)oc2ccccc21)Nc1cccc(C(=O)[O-])c1. The van der Waals surface area contributed by atoms with Crippen LogP contribution in [0.2, 0.25) is 0 Å². The van der Waals surface area contributed by atoms with Crippen LogP contribution in [0.25, 0.3) is 11.1 Å². The Labute approximate surface area is 129 Å². The van der Waals surface area contributed by atoms with E-state index in [1.165, 1.54) is 22.8 Å². The maximum atomic E-state index is 12.1. The largest absolute Gasteiger partial charge is 0.545 e. The molecule has 7 heteroatoms. The highest BCUT2D eigenvalue weighted by atomic mass is 16.4. The van der Waals surface area contributed by atoms with E-state index >= 15 is 0 Å². The normalized spacial score (nSPS) is 10.6. The van der Waals surface area contributed by atoms with Crippen molar-refractivity contribution in [3.05, 3.63) is 64.6 Å². The number of carbonyl (C=O) groups is 2. The van der Waals surface area contributed by atoms with Gasteiger partial charge in [-0.3, -0.25) is 9.36 Å². The Bertz CT molecular complexity index is 954. The van der Waals surface area contributed by atoms with Crippen LogP contribution in [-0.2, 0) is 11.3 Å². The molecule has 0 atom stereocenters. The van der Waals surface area contributed by atoms with E-state index in [2.05, 4.69) is 5.32 Å². The number of aromatic nitrogens is 1. The van der Waals surface area contributed by atoms with Gasteiger partial charge in [0.2, 0.25) is 5.91 Å². The van der Waals surface area contributed by atoms with E-state index in [9.17, 15) is 19.5 Å². The maximum Gasteiger partial charge on any atom is 0.420 e. The van der Waals surface area contributed by atoms with Gasteiger partial charge >= 0.3 is 5.76 Å². The lowest BCUT2D eigenvalue weighted by molar-refractivity contribution is -0.255. The lowest BCUT2D eigenvalue weighted by Crippen LogP contribution is -2.25. The van der Waals surface area contributed by atoms with E-state index in [1.807, 2.05) is 0 Å². The summed E-state index contributed by atoms with van der Waals surface area (Å²) >= 11 is 0. The first-order valence-electron chi connectivity index (χ1n) is 6.74. The van der Waals surface area contributed by atoms with Crippen molar-refractivity contribution in [2.45, 2.75) is 6.54 Å². The number of fused-ring (bicyclic) bond motifs is 1. The summed E-state index contributed by atoms with van der Waals surface area (Å²) < 4.78 is 6.24. The number of nitrogens with one attached hydrogen (secondary N) is 1. The summed E-state index contributed by atoms with van der Waals surface area (Å²) in [6.07, 6.45) is 0. The second kappa shape index (κ2) is 5.80. The maximum absolute atomic E-state index is 12.1. The number of aromatic carboxylic acids is 1. The van der Waals surface area contributed by atoms with Gasteiger partial charge in [0.25, 0.3) is 0 Å². The third kappa shape index (κ3) is 2.98. The van der Waals surface area contributed by atoms with Crippen LogP contribution in [0.15, 0.2) is 57.7 Å². The zero-order valence-electron chi connectivity index (χ0n) is 11.8. The number of amides is 1. The topological polar surface area (TPSA) is 104 Å². The lowest BCUT2D eigenvalue weighted by atomic mass is 10.2. The van der Waals surface area contributed by atoms with Gasteiger partial charge in [0.1, 0.15) is 6.54 Å². The average Bonchev–Trinajstić information content (AvgIpc) is 2.83. The zero-order valence-corrected chi connectivity index (χ0v) is 11.8. The van der Waals surface area contributed by atoms with Crippen LogP contribution in [0.3, 0.4) is 0 Å². The minimum Gasteiger partial charge on any atom is -0.545 e. The van der Waals surface area contributed by atoms with E-state index in [0.717, 1.165) is 0 Å². The fourth-order valence-corrected chi connectivity index (χ4v) is 2.23. The standard InChI is InChI=1S/C16H12N2O5/c19-14(17-11-5-3-4-10(8-11)15(20)21)9-18-12-6-1-2-7-13(12)23-16(18)22/h1-8H,9H2,(H,17,19)(H,20,21)/p-1. The third-order valence-electron chi connectivity index (χ3n) is 3.26. The number of rotatable bonds is 4. The minimum absolute atomic E-state index is 0.0475. The molecule has 3 rings (SSSR count). The van der Waals surface area contributed by atoms with Crippen LogP contribution < -0.4 is 16.2 Å². The van der Waals surface area contributed by atoms with Crippen molar-refractivity contribution in [2.75, 3.05) is 5.32 Å². The molecule has 1 N–H and O–H groups in total. The van der Waals surface area contributed by atoms with Crippen LogP contribution in [0.5, 0.6) is 0 Å². The zero-order chi connectivity index (χ0) is 16.4. The Balaban J connectivity index is 1.82. The molecule has 0 aliphatic carbocycles. The molecule has 0 bridgehead atoms. The summed E-state index contributed by atoms with van der Waals surface area (Å²) in [7, 11) is 0. The van der Waals surface area contributed by atoms with Crippen molar-refractivity contribution >= 4 is 28.7 Å². The number of carbonyl (C=O) groups excluding carboxylic acids is 2. The summed E-state index contributed by atoms with van der Waals surface area (Å²) in [5.74, 6) is -2.45. The molecule has 116 valence electrons. The molecule has 0 saturated carbocycles. The molecule has 2 aromatic carbocycles. The molecule has 0 aliphatic heterocycles. The van der Waals surface area contributed by atoms with Crippen molar-refractivity contribution < 1.29 is 19.1 Å². The molecule has 7 nitrogen and oxygen atoms in total. The van der Waals surface area contributed by atoms with Gasteiger partial charge in [-0.05, 0) is 29.8 Å². The fourth-order valence-electron chi connectivity index (χ4n) is 2.23. The Hall–Kier alpha value is -3.35. The third-order valence-corrected chi connectivity index (χ3v) is 3.26. The average molecular weight is 311 g/mol. The highest BCUT2D eigenvalue weighted by Gasteiger charge is 2.12. The first-order valence-corrected chi connectivity index (χ1v) is 6.74. The van der Waals surface area contributed by atoms with Gasteiger partial charge in [-0.15, -0.1) is 0 Å². The Morgan fingerprint density at radius 1 is 1.13 bits per heavy atom. The molecule has 23 heavy (non-hydrogen) atoms. The molecule has 0 fully saturated rings. The number of hydrogen-bond donors (Lipinski definition) is 1. The number of carboxylic acids is 1. The second-order valence-corrected chi connectivity index (χ2v) is 4.84. The molecule has 0 saturated heterocycles. The van der Waals surface area contributed by atoms with Crippen molar-refractivity contribution in [3.8, 4) is 0 Å². The van der Waals surface area contributed by atoms with Crippen LogP contribution in [0, 0.1) is 0 Å². The van der Waals surface area contributed by atoms with E-state index in [-0.39, 0.29) is 12.1 Å².